The Bertz CT molecular complexity index is 1140. The lowest BCUT2D eigenvalue weighted by atomic mass is 9.94. The van der Waals surface area contributed by atoms with Crippen LogP contribution in [0.15, 0.2) is 60.7 Å². The normalized spacial score (nSPS) is 20.3. The van der Waals surface area contributed by atoms with Crippen molar-refractivity contribution in [3.8, 4) is 5.75 Å². The molecular formula is C27H29FN2O5. The molecular weight excluding hydrogens is 451 g/mol. The highest BCUT2D eigenvalue weighted by molar-refractivity contribution is 6.46. The molecule has 35 heavy (non-hydrogen) atoms. The lowest BCUT2D eigenvalue weighted by molar-refractivity contribution is -0.140. The van der Waals surface area contributed by atoms with E-state index in [0.717, 1.165) is 13.1 Å². The summed E-state index contributed by atoms with van der Waals surface area (Å²) < 4.78 is 24.6. The van der Waals surface area contributed by atoms with Crippen LogP contribution in [0.3, 0.4) is 0 Å². The van der Waals surface area contributed by atoms with Crippen LogP contribution in [0, 0.1) is 12.7 Å². The minimum atomic E-state index is -0.826. The molecule has 2 heterocycles. The van der Waals surface area contributed by atoms with Gasteiger partial charge in [-0.2, -0.15) is 0 Å². The van der Waals surface area contributed by atoms with Crippen LogP contribution in [0.5, 0.6) is 5.75 Å². The van der Waals surface area contributed by atoms with Gasteiger partial charge in [0.05, 0.1) is 24.8 Å². The van der Waals surface area contributed by atoms with Gasteiger partial charge >= 0.3 is 0 Å². The summed E-state index contributed by atoms with van der Waals surface area (Å²) in [6.45, 7) is 9.31. The number of ether oxygens (including phenoxy) is 2. The number of hydrogen-bond acceptors (Lipinski definition) is 6. The second-order valence-corrected chi connectivity index (χ2v) is 8.57. The number of benzene rings is 2. The average molecular weight is 481 g/mol. The third-order valence-electron chi connectivity index (χ3n) is 6.31. The van der Waals surface area contributed by atoms with E-state index in [1.165, 1.54) is 17.0 Å². The minimum Gasteiger partial charge on any atom is -0.507 e. The van der Waals surface area contributed by atoms with E-state index in [2.05, 4.69) is 11.5 Å². The van der Waals surface area contributed by atoms with Gasteiger partial charge in [0.15, 0.2) is 0 Å². The monoisotopic (exact) mass is 480 g/mol. The summed E-state index contributed by atoms with van der Waals surface area (Å²) in [6, 6.07) is 9.93. The van der Waals surface area contributed by atoms with Crippen molar-refractivity contribution < 1.29 is 28.6 Å². The number of Topliss-reactive ketones (excluding diaryl/α,β-unsaturated/α-hetero) is 1. The Kier molecular flexibility index (Phi) is 7.63. The summed E-state index contributed by atoms with van der Waals surface area (Å²) in [5.41, 5.74) is 1.65. The van der Waals surface area contributed by atoms with Crippen LogP contribution in [0.4, 0.5) is 4.39 Å². The van der Waals surface area contributed by atoms with Crippen molar-refractivity contribution in [1.82, 2.24) is 9.80 Å². The standard InChI is InChI=1S/C27H29FN2O5/c1-3-14-35-21-8-9-22(18(2)17-21)25(31)23-24(19-4-6-20(28)7-5-19)30(27(33)26(23)32)11-10-29-12-15-34-16-13-29/h3-9,17,24,31H,1,10-16H2,2H3. The zero-order chi connectivity index (χ0) is 24.9. The fourth-order valence-electron chi connectivity index (χ4n) is 4.47. The van der Waals surface area contributed by atoms with Gasteiger partial charge in [-0.05, 0) is 48.4 Å². The molecule has 2 aliphatic heterocycles. The van der Waals surface area contributed by atoms with Gasteiger partial charge in [-0.3, -0.25) is 14.5 Å². The number of ketones is 1. The third-order valence-corrected chi connectivity index (χ3v) is 6.31. The van der Waals surface area contributed by atoms with Crippen LogP contribution in [0.1, 0.15) is 22.7 Å². The topological polar surface area (TPSA) is 79.3 Å². The number of amides is 1. The van der Waals surface area contributed by atoms with Crippen LogP contribution in [0.25, 0.3) is 5.76 Å². The molecule has 2 aromatic carbocycles. The molecule has 1 unspecified atom stereocenters. The van der Waals surface area contributed by atoms with Crippen LogP contribution < -0.4 is 4.74 Å². The Morgan fingerprint density at radius 1 is 1.17 bits per heavy atom. The van der Waals surface area contributed by atoms with E-state index in [0.29, 0.717) is 48.8 Å². The van der Waals surface area contributed by atoms with Crippen LogP contribution in [0.2, 0.25) is 0 Å². The van der Waals surface area contributed by atoms with Crippen molar-refractivity contribution in [1.29, 1.82) is 0 Å². The fraction of sp³-hybridized carbons (Fsp3) is 0.333. The fourth-order valence-corrected chi connectivity index (χ4v) is 4.47. The number of hydrogen-bond donors (Lipinski definition) is 1. The largest absolute Gasteiger partial charge is 0.507 e. The molecule has 0 spiro atoms. The number of rotatable bonds is 8. The van der Waals surface area contributed by atoms with Crippen molar-refractivity contribution in [2.45, 2.75) is 13.0 Å². The zero-order valence-corrected chi connectivity index (χ0v) is 19.7. The van der Waals surface area contributed by atoms with Crippen molar-refractivity contribution >= 4 is 17.4 Å². The average Bonchev–Trinajstić information content (AvgIpc) is 3.12. The Hall–Kier alpha value is -3.49. The lowest BCUT2D eigenvalue weighted by Crippen LogP contribution is -2.42. The Balaban J connectivity index is 1.72. The highest BCUT2D eigenvalue weighted by atomic mass is 19.1. The van der Waals surface area contributed by atoms with Gasteiger partial charge < -0.3 is 19.5 Å². The number of aliphatic hydroxyl groups excluding tert-OH is 1. The first kappa shape index (κ1) is 24.6. The highest BCUT2D eigenvalue weighted by Crippen LogP contribution is 2.40. The van der Waals surface area contributed by atoms with E-state index in [-0.39, 0.29) is 17.9 Å². The van der Waals surface area contributed by atoms with Gasteiger partial charge in [-0.25, -0.2) is 4.39 Å². The van der Waals surface area contributed by atoms with Gasteiger partial charge in [0.1, 0.15) is 23.9 Å². The van der Waals surface area contributed by atoms with Gasteiger partial charge in [0.2, 0.25) is 0 Å². The van der Waals surface area contributed by atoms with Crippen molar-refractivity contribution in [2.24, 2.45) is 0 Å². The molecule has 1 amide bonds. The molecule has 0 aliphatic carbocycles. The Labute approximate surface area is 204 Å². The zero-order valence-electron chi connectivity index (χ0n) is 19.7. The SMILES string of the molecule is C=CCOc1ccc(C(O)=C2C(=O)C(=O)N(CCN3CCOCC3)C2c2ccc(F)cc2)c(C)c1. The predicted molar refractivity (Wildman–Crippen MR) is 130 cm³/mol. The molecule has 0 saturated carbocycles. The van der Waals surface area contributed by atoms with Gasteiger partial charge in [0, 0.05) is 31.7 Å². The number of carbonyl (C=O) groups is 2. The van der Waals surface area contributed by atoms with Gasteiger partial charge in [0.25, 0.3) is 11.7 Å². The summed E-state index contributed by atoms with van der Waals surface area (Å²) in [5, 5.41) is 11.3. The maximum Gasteiger partial charge on any atom is 0.295 e. The molecule has 7 nitrogen and oxygen atoms in total. The summed E-state index contributed by atoms with van der Waals surface area (Å²) in [5.74, 6) is -1.53. The van der Waals surface area contributed by atoms with E-state index >= 15 is 0 Å². The smallest absolute Gasteiger partial charge is 0.295 e. The van der Waals surface area contributed by atoms with E-state index in [1.54, 1.807) is 43.3 Å². The maximum atomic E-state index is 13.7. The van der Waals surface area contributed by atoms with Crippen molar-refractivity contribution in [3.63, 3.8) is 0 Å². The number of carbonyl (C=O) groups excluding carboxylic acids is 2. The van der Waals surface area contributed by atoms with E-state index in [1.807, 2.05) is 0 Å². The Morgan fingerprint density at radius 2 is 1.89 bits per heavy atom. The summed E-state index contributed by atoms with van der Waals surface area (Å²) in [7, 11) is 0. The molecule has 2 aliphatic rings. The number of morpholine rings is 1. The molecule has 0 aromatic heterocycles. The Morgan fingerprint density at radius 3 is 2.54 bits per heavy atom. The second-order valence-electron chi connectivity index (χ2n) is 8.57. The molecule has 2 saturated heterocycles. The van der Waals surface area contributed by atoms with Crippen LogP contribution in [-0.4, -0.2) is 72.6 Å². The summed E-state index contributed by atoms with van der Waals surface area (Å²) in [4.78, 5) is 29.9. The molecule has 2 aromatic rings. The number of aryl methyl sites for hydroxylation is 1. The quantitative estimate of drug-likeness (QED) is 0.270. The molecule has 8 heteroatoms. The molecule has 2 fully saturated rings. The summed E-state index contributed by atoms with van der Waals surface area (Å²) >= 11 is 0. The first-order valence-electron chi connectivity index (χ1n) is 11.6. The van der Waals surface area contributed by atoms with Crippen molar-refractivity contribution in [3.05, 3.63) is 83.2 Å². The van der Waals surface area contributed by atoms with Gasteiger partial charge in [-0.15, -0.1) is 0 Å². The minimum absolute atomic E-state index is 0.00792. The molecule has 4 rings (SSSR count). The van der Waals surface area contributed by atoms with E-state index < -0.39 is 23.5 Å². The molecule has 1 atom stereocenters. The first-order valence-corrected chi connectivity index (χ1v) is 11.6. The third kappa shape index (κ3) is 5.28. The second kappa shape index (κ2) is 10.8. The van der Waals surface area contributed by atoms with Crippen molar-refractivity contribution in [2.75, 3.05) is 46.0 Å². The molecule has 0 bridgehead atoms. The summed E-state index contributed by atoms with van der Waals surface area (Å²) in [6.07, 6.45) is 1.63. The maximum absolute atomic E-state index is 13.7. The molecule has 184 valence electrons. The predicted octanol–water partition coefficient (Wildman–Crippen LogP) is 3.45. The number of aliphatic hydroxyl groups is 1. The van der Waals surface area contributed by atoms with Gasteiger partial charge in [-0.1, -0.05) is 24.8 Å². The number of nitrogens with zero attached hydrogens (tertiary/aromatic N) is 2. The lowest BCUT2D eigenvalue weighted by Gasteiger charge is -2.31. The number of halogens is 1. The highest BCUT2D eigenvalue weighted by Gasteiger charge is 2.46. The van der Waals surface area contributed by atoms with Crippen LogP contribution in [-0.2, 0) is 14.3 Å². The molecule has 0 radical (unpaired) electrons. The number of likely N-dealkylation sites (tertiary alicyclic amines) is 1. The van der Waals surface area contributed by atoms with E-state index in [9.17, 15) is 19.1 Å². The molecule has 1 N–H and O–H groups in total. The first-order chi connectivity index (χ1) is 16.9. The van der Waals surface area contributed by atoms with E-state index in [4.69, 9.17) is 9.47 Å². The van der Waals surface area contributed by atoms with Crippen LogP contribution >= 0.6 is 0 Å².